The number of thiazole rings is 1. The number of hydrogen-bond donors (Lipinski definition) is 2. The maximum absolute atomic E-state index is 12.6. The highest BCUT2D eigenvalue weighted by molar-refractivity contribution is 7.15. The summed E-state index contributed by atoms with van der Waals surface area (Å²) in [5, 5.41) is 5.89. The van der Waals surface area contributed by atoms with Crippen molar-refractivity contribution in [3.05, 3.63) is 32.5 Å². The minimum Gasteiger partial charge on any atom is -0.327 e. The Morgan fingerprint density at radius 1 is 1.30 bits per heavy atom. The number of carbonyl (C=O) groups is 1. The van der Waals surface area contributed by atoms with Crippen molar-refractivity contribution < 1.29 is 4.79 Å². The Morgan fingerprint density at radius 3 is 3.04 bits per heavy atom. The Balaban J connectivity index is 0.00000156. The van der Waals surface area contributed by atoms with E-state index in [1.165, 1.54) is 15.3 Å². The Bertz CT molecular complexity index is 712. The fourth-order valence-corrected chi connectivity index (χ4v) is 5.50. The number of fused-ring (bicyclic) bond motifs is 2. The highest BCUT2D eigenvalue weighted by Gasteiger charge is 2.28. The highest BCUT2D eigenvalue weighted by Crippen LogP contribution is 2.36. The molecule has 0 fully saturated rings. The molecule has 2 aromatic rings. The van der Waals surface area contributed by atoms with E-state index in [0.717, 1.165) is 49.4 Å². The lowest BCUT2D eigenvalue weighted by Crippen LogP contribution is -2.27. The minimum atomic E-state index is -0.0156. The summed E-state index contributed by atoms with van der Waals surface area (Å²) < 4.78 is 0. The molecular formula is C16H20ClN3OS2. The minimum absolute atomic E-state index is 0. The number of hydrogen-bond acceptors (Lipinski definition) is 5. The molecule has 4 rings (SSSR count). The van der Waals surface area contributed by atoms with E-state index in [0.29, 0.717) is 0 Å². The topological polar surface area (TPSA) is 68.0 Å². The third-order valence-electron chi connectivity index (χ3n) is 4.58. The van der Waals surface area contributed by atoms with Gasteiger partial charge in [0.05, 0.1) is 11.6 Å². The predicted molar refractivity (Wildman–Crippen MR) is 98.0 cm³/mol. The zero-order chi connectivity index (χ0) is 15.1. The van der Waals surface area contributed by atoms with E-state index in [1.54, 1.807) is 22.7 Å². The summed E-state index contributed by atoms with van der Waals surface area (Å²) >= 11 is 3.36. The standard InChI is InChI=1S/C16H19N3OS2.ClH/c17-9-4-5-12-14(8-9)22-16(18-12)19-15(20)11-2-1-3-13-10(11)6-7-21-13;/h6-7,9,11H,1-5,8,17H2,(H,18,19,20);1H/t9-,11?;/m0./s1. The van der Waals surface area contributed by atoms with E-state index >= 15 is 0 Å². The van der Waals surface area contributed by atoms with Crippen LogP contribution in [0.3, 0.4) is 0 Å². The molecule has 1 amide bonds. The third-order valence-corrected chi connectivity index (χ3v) is 6.61. The van der Waals surface area contributed by atoms with Gasteiger partial charge in [-0.2, -0.15) is 0 Å². The van der Waals surface area contributed by atoms with Crippen LogP contribution in [0.5, 0.6) is 0 Å². The molecule has 7 heteroatoms. The van der Waals surface area contributed by atoms with E-state index < -0.39 is 0 Å². The zero-order valence-electron chi connectivity index (χ0n) is 12.7. The van der Waals surface area contributed by atoms with Crippen molar-refractivity contribution in [3.63, 3.8) is 0 Å². The summed E-state index contributed by atoms with van der Waals surface area (Å²) in [6.07, 6.45) is 5.95. The van der Waals surface area contributed by atoms with Gasteiger partial charge < -0.3 is 11.1 Å². The molecule has 0 saturated carbocycles. The van der Waals surface area contributed by atoms with Crippen LogP contribution in [0.25, 0.3) is 0 Å². The maximum Gasteiger partial charge on any atom is 0.233 e. The van der Waals surface area contributed by atoms with Gasteiger partial charge in [-0.1, -0.05) is 0 Å². The lowest BCUT2D eigenvalue weighted by molar-refractivity contribution is -0.117. The van der Waals surface area contributed by atoms with Crippen molar-refractivity contribution in [1.29, 1.82) is 0 Å². The van der Waals surface area contributed by atoms with E-state index in [-0.39, 0.29) is 30.3 Å². The Kier molecular flexibility index (Phi) is 5.06. The molecule has 2 aromatic heterocycles. The number of nitrogens with zero attached hydrogens (tertiary/aromatic N) is 1. The first kappa shape index (κ1) is 16.9. The van der Waals surface area contributed by atoms with Crippen LogP contribution in [0.4, 0.5) is 5.13 Å². The zero-order valence-corrected chi connectivity index (χ0v) is 15.2. The molecule has 0 aromatic carbocycles. The van der Waals surface area contributed by atoms with Crippen LogP contribution in [-0.4, -0.2) is 16.9 Å². The van der Waals surface area contributed by atoms with Crippen LogP contribution < -0.4 is 11.1 Å². The van der Waals surface area contributed by atoms with Crippen molar-refractivity contribution in [2.45, 2.75) is 50.5 Å². The summed E-state index contributed by atoms with van der Waals surface area (Å²) in [5.74, 6) is 0.0768. The number of rotatable bonds is 2. The number of aromatic nitrogens is 1. The van der Waals surface area contributed by atoms with Crippen molar-refractivity contribution in [1.82, 2.24) is 4.98 Å². The molecule has 124 valence electrons. The molecule has 2 heterocycles. The summed E-state index contributed by atoms with van der Waals surface area (Å²) in [6, 6.07) is 2.35. The molecule has 4 nitrogen and oxygen atoms in total. The second-order valence-electron chi connectivity index (χ2n) is 6.12. The van der Waals surface area contributed by atoms with Crippen LogP contribution in [0.1, 0.15) is 46.2 Å². The monoisotopic (exact) mass is 369 g/mol. The van der Waals surface area contributed by atoms with Crippen molar-refractivity contribution in [2.75, 3.05) is 5.32 Å². The van der Waals surface area contributed by atoms with Gasteiger partial charge in [-0.15, -0.1) is 35.1 Å². The second kappa shape index (κ2) is 6.89. The fraction of sp³-hybridized carbons (Fsp3) is 0.500. The van der Waals surface area contributed by atoms with Crippen LogP contribution in [0.2, 0.25) is 0 Å². The average molecular weight is 370 g/mol. The maximum atomic E-state index is 12.6. The molecule has 0 spiro atoms. The number of thiophene rings is 1. The Hall–Kier alpha value is -0.950. The first-order valence-corrected chi connectivity index (χ1v) is 9.51. The number of anilines is 1. The Labute approximate surface area is 149 Å². The van der Waals surface area contributed by atoms with E-state index in [2.05, 4.69) is 21.7 Å². The van der Waals surface area contributed by atoms with Crippen molar-refractivity contribution in [3.8, 4) is 0 Å². The number of halogens is 1. The Morgan fingerprint density at radius 2 is 2.17 bits per heavy atom. The molecule has 1 unspecified atom stereocenters. The quantitative estimate of drug-likeness (QED) is 0.851. The van der Waals surface area contributed by atoms with Gasteiger partial charge in [0.2, 0.25) is 5.91 Å². The molecular weight excluding hydrogens is 350 g/mol. The van der Waals surface area contributed by atoms with E-state index in [1.807, 2.05) is 0 Å². The highest BCUT2D eigenvalue weighted by atomic mass is 35.5. The second-order valence-corrected chi connectivity index (χ2v) is 8.21. The lowest BCUT2D eigenvalue weighted by atomic mass is 9.87. The number of aryl methyl sites for hydroxylation is 2. The van der Waals surface area contributed by atoms with Crippen LogP contribution in [-0.2, 0) is 24.1 Å². The summed E-state index contributed by atoms with van der Waals surface area (Å²) in [6.45, 7) is 0. The van der Waals surface area contributed by atoms with E-state index in [9.17, 15) is 4.79 Å². The molecule has 23 heavy (non-hydrogen) atoms. The van der Waals surface area contributed by atoms with Crippen LogP contribution in [0, 0.1) is 0 Å². The molecule has 0 radical (unpaired) electrons. The van der Waals surface area contributed by atoms with Gasteiger partial charge in [0, 0.05) is 15.8 Å². The normalized spacial score (nSPS) is 22.7. The van der Waals surface area contributed by atoms with Crippen molar-refractivity contribution >= 4 is 46.1 Å². The number of nitrogens with two attached hydrogens (primary N) is 1. The van der Waals surface area contributed by atoms with Gasteiger partial charge >= 0.3 is 0 Å². The lowest BCUT2D eigenvalue weighted by Gasteiger charge is -2.21. The van der Waals surface area contributed by atoms with Crippen LogP contribution >= 0.6 is 35.1 Å². The molecule has 0 bridgehead atoms. The van der Waals surface area contributed by atoms with Crippen molar-refractivity contribution in [2.24, 2.45) is 5.73 Å². The fourth-order valence-electron chi connectivity index (χ4n) is 3.41. The van der Waals surface area contributed by atoms with Gasteiger partial charge in [0.25, 0.3) is 0 Å². The smallest absolute Gasteiger partial charge is 0.233 e. The molecule has 3 N–H and O–H groups in total. The first-order chi connectivity index (χ1) is 10.7. The molecule has 0 saturated heterocycles. The first-order valence-electron chi connectivity index (χ1n) is 7.82. The SMILES string of the molecule is Cl.N[C@H]1CCc2nc(NC(=O)C3CCCc4sccc43)sc2C1. The number of amides is 1. The van der Waals surface area contributed by atoms with Crippen LogP contribution in [0.15, 0.2) is 11.4 Å². The third kappa shape index (κ3) is 3.31. The van der Waals surface area contributed by atoms with E-state index in [4.69, 9.17) is 5.73 Å². The predicted octanol–water partition coefficient (Wildman–Crippen LogP) is 3.50. The molecule has 0 aliphatic heterocycles. The number of nitrogens with one attached hydrogen (secondary N) is 1. The molecule has 2 aliphatic rings. The summed E-state index contributed by atoms with van der Waals surface area (Å²) in [5.41, 5.74) is 8.36. The van der Waals surface area contributed by atoms with Gasteiger partial charge in [0.1, 0.15) is 0 Å². The summed E-state index contributed by atoms with van der Waals surface area (Å²) in [4.78, 5) is 19.9. The van der Waals surface area contributed by atoms with Gasteiger partial charge in [-0.25, -0.2) is 4.98 Å². The number of carbonyl (C=O) groups excluding carboxylic acids is 1. The molecule has 2 atom stereocenters. The summed E-state index contributed by atoms with van der Waals surface area (Å²) in [7, 11) is 0. The van der Waals surface area contributed by atoms with Gasteiger partial charge in [-0.3, -0.25) is 4.79 Å². The van der Waals surface area contributed by atoms with Gasteiger partial charge in [0.15, 0.2) is 5.13 Å². The molecule has 2 aliphatic carbocycles. The van der Waals surface area contributed by atoms with Gasteiger partial charge in [-0.05, 0) is 55.5 Å². The largest absolute Gasteiger partial charge is 0.327 e. The average Bonchev–Trinajstić information content (AvgIpc) is 3.11.